The zero-order valence-electron chi connectivity index (χ0n) is 12.8. The predicted molar refractivity (Wildman–Crippen MR) is 78.2 cm³/mol. The first-order valence-electron chi connectivity index (χ1n) is 8.02. The van der Waals surface area contributed by atoms with Crippen LogP contribution in [0.25, 0.3) is 0 Å². The molecule has 1 atom stereocenters. The Balaban J connectivity index is 1.58. The van der Waals surface area contributed by atoms with Crippen molar-refractivity contribution >= 4 is 0 Å². The van der Waals surface area contributed by atoms with E-state index in [1.807, 2.05) is 0 Å². The molecule has 0 aromatic heterocycles. The molecule has 0 radical (unpaired) electrons. The third-order valence-corrected chi connectivity index (χ3v) is 4.88. The van der Waals surface area contributed by atoms with Gasteiger partial charge in [0.15, 0.2) is 0 Å². The SMILES string of the molecule is CC1CCC(OCC(O)CNC(C)(C)C2CC2)CC1. The van der Waals surface area contributed by atoms with Gasteiger partial charge in [0.25, 0.3) is 0 Å². The summed E-state index contributed by atoms with van der Waals surface area (Å²) < 4.78 is 5.84. The van der Waals surface area contributed by atoms with Gasteiger partial charge < -0.3 is 15.2 Å². The van der Waals surface area contributed by atoms with Crippen molar-refractivity contribution in [3.05, 3.63) is 0 Å². The van der Waals surface area contributed by atoms with Crippen LogP contribution < -0.4 is 5.32 Å². The molecule has 0 aromatic carbocycles. The van der Waals surface area contributed by atoms with E-state index in [2.05, 4.69) is 26.1 Å². The summed E-state index contributed by atoms with van der Waals surface area (Å²) in [7, 11) is 0. The van der Waals surface area contributed by atoms with Crippen LogP contribution in [0.4, 0.5) is 0 Å². The molecule has 2 aliphatic carbocycles. The predicted octanol–water partition coefficient (Wildman–Crippen LogP) is 2.72. The largest absolute Gasteiger partial charge is 0.389 e. The second kappa shape index (κ2) is 6.55. The molecular formula is C16H31NO2. The maximum absolute atomic E-state index is 10.0. The van der Waals surface area contributed by atoms with Crippen LogP contribution in [0.1, 0.15) is 59.3 Å². The molecule has 0 heterocycles. The van der Waals surface area contributed by atoms with E-state index in [4.69, 9.17) is 4.74 Å². The van der Waals surface area contributed by atoms with Crippen molar-refractivity contribution in [1.29, 1.82) is 0 Å². The average molecular weight is 269 g/mol. The highest BCUT2D eigenvalue weighted by Gasteiger charge is 2.37. The van der Waals surface area contributed by atoms with Gasteiger partial charge >= 0.3 is 0 Å². The molecule has 2 aliphatic rings. The Labute approximate surface area is 118 Å². The minimum Gasteiger partial charge on any atom is -0.389 e. The molecule has 2 rings (SSSR count). The summed E-state index contributed by atoms with van der Waals surface area (Å²) in [6.45, 7) is 7.91. The normalized spacial score (nSPS) is 30.3. The Morgan fingerprint density at radius 3 is 2.37 bits per heavy atom. The Hall–Kier alpha value is -0.120. The number of rotatable bonds is 7. The Morgan fingerprint density at radius 2 is 1.79 bits per heavy atom. The lowest BCUT2D eigenvalue weighted by Crippen LogP contribution is -2.46. The van der Waals surface area contributed by atoms with Gasteiger partial charge in [-0.1, -0.05) is 6.92 Å². The standard InChI is InChI=1S/C16H31NO2/c1-12-4-8-15(9-5-12)19-11-14(18)10-17-16(2,3)13-6-7-13/h12-15,17-18H,4-11H2,1-3H3. The molecule has 112 valence electrons. The molecule has 2 N–H and O–H groups in total. The molecule has 3 heteroatoms. The van der Waals surface area contributed by atoms with E-state index < -0.39 is 0 Å². The minimum absolute atomic E-state index is 0.168. The highest BCUT2D eigenvalue weighted by Crippen LogP contribution is 2.39. The van der Waals surface area contributed by atoms with Crippen LogP contribution in [0.2, 0.25) is 0 Å². The first kappa shape index (κ1) is 15.3. The number of ether oxygens (including phenoxy) is 1. The van der Waals surface area contributed by atoms with E-state index in [1.165, 1.54) is 25.7 Å². The van der Waals surface area contributed by atoms with Gasteiger partial charge in [-0.3, -0.25) is 0 Å². The first-order chi connectivity index (χ1) is 8.97. The third-order valence-electron chi connectivity index (χ3n) is 4.88. The van der Waals surface area contributed by atoms with Crippen molar-refractivity contribution in [1.82, 2.24) is 5.32 Å². The quantitative estimate of drug-likeness (QED) is 0.746. The Morgan fingerprint density at radius 1 is 1.16 bits per heavy atom. The van der Waals surface area contributed by atoms with E-state index in [9.17, 15) is 5.11 Å². The summed E-state index contributed by atoms with van der Waals surface area (Å²) in [5.74, 6) is 1.64. The van der Waals surface area contributed by atoms with Crippen molar-refractivity contribution in [3.63, 3.8) is 0 Å². The minimum atomic E-state index is -0.377. The highest BCUT2D eigenvalue weighted by molar-refractivity contribution is 4.94. The first-order valence-corrected chi connectivity index (χ1v) is 8.02. The average Bonchev–Trinajstić information content (AvgIpc) is 3.20. The second-order valence-electron chi connectivity index (χ2n) is 7.25. The second-order valence-corrected chi connectivity index (χ2v) is 7.25. The Bertz CT molecular complexity index is 268. The van der Waals surface area contributed by atoms with Gasteiger partial charge in [0, 0.05) is 12.1 Å². The van der Waals surface area contributed by atoms with Gasteiger partial charge in [-0.15, -0.1) is 0 Å². The summed E-state index contributed by atoms with van der Waals surface area (Å²) in [6, 6.07) is 0. The van der Waals surface area contributed by atoms with E-state index in [0.29, 0.717) is 19.3 Å². The zero-order chi connectivity index (χ0) is 13.9. The molecule has 0 bridgehead atoms. The maximum atomic E-state index is 10.0. The van der Waals surface area contributed by atoms with Crippen molar-refractivity contribution < 1.29 is 9.84 Å². The molecule has 0 aliphatic heterocycles. The fourth-order valence-electron chi connectivity index (χ4n) is 3.03. The summed E-state index contributed by atoms with van der Waals surface area (Å²) in [4.78, 5) is 0. The van der Waals surface area contributed by atoms with E-state index in [-0.39, 0.29) is 11.6 Å². The topological polar surface area (TPSA) is 41.5 Å². The van der Waals surface area contributed by atoms with Crippen LogP contribution in [0.3, 0.4) is 0 Å². The summed E-state index contributed by atoms with van der Waals surface area (Å²) >= 11 is 0. The van der Waals surface area contributed by atoms with Crippen molar-refractivity contribution in [3.8, 4) is 0 Å². The number of nitrogens with one attached hydrogen (secondary N) is 1. The number of hydrogen-bond acceptors (Lipinski definition) is 3. The number of aliphatic hydroxyl groups is 1. The molecule has 2 fully saturated rings. The van der Waals surface area contributed by atoms with Gasteiger partial charge in [0.05, 0.1) is 18.8 Å². The van der Waals surface area contributed by atoms with Crippen molar-refractivity contribution in [2.24, 2.45) is 11.8 Å². The fraction of sp³-hybridized carbons (Fsp3) is 1.00. The van der Waals surface area contributed by atoms with Crippen LogP contribution in [-0.4, -0.2) is 36.0 Å². The lowest BCUT2D eigenvalue weighted by Gasteiger charge is -2.29. The summed E-state index contributed by atoms with van der Waals surface area (Å²) in [6.07, 6.45) is 7.52. The molecule has 0 spiro atoms. The van der Waals surface area contributed by atoms with Crippen LogP contribution in [0.15, 0.2) is 0 Å². The molecular weight excluding hydrogens is 238 g/mol. The monoisotopic (exact) mass is 269 g/mol. The van der Waals surface area contributed by atoms with Gasteiger partial charge in [0.2, 0.25) is 0 Å². The van der Waals surface area contributed by atoms with Crippen molar-refractivity contribution in [2.75, 3.05) is 13.2 Å². The van der Waals surface area contributed by atoms with Crippen LogP contribution in [0.5, 0.6) is 0 Å². The van der Waals surface area contributed by atoms with E-state index in [1.54, 1.807) is 0 Å². The molecule has 0 saturated heterocycles. The highest BCUT2D eigenvalue weighted by atomic mass is 16.5. The lowest BCUT2D eigenvalue weighted by atomic mass is 9.89. The number of hydrogen-bond donors (Lipinski definition) is 2. The van der Waals surface area contributed by atoms with Gasteiger partial charge in [0.1, 0.15) is 0 Å². The summed E-state index contributed by atoms with van der Waals surface area (Å²) in [5, 5.41) is 13.5. The number of β-amino-alcohol motifs (C(OH)–C–C–N with tert-alkyl or cyclic N) is 1. The molecule has 0 aromatic rings. The smallest absolute Gasteiger partial charge is 0.0898 e. The van der Waals surface area contributed by atoms with Gasteiger partial charge in [-0.05, 0) is 64.2 Å². The molecule has 0 amide bonds. The van der Waals surface area contributed by atoms with E-state index in [0.717, 1.165) is 24.7 Å². The van der Waals surface area contributed by atoms with E-state index >= 15 is 0 Å². The number of aliphatic hydroxyl groups excluding tert-OH is 1. The van der Waals surface area contributed by atoms with Gasteiger partial charge in [-0.2, -0.15) is 0 Å². The lowest BCUT2D eigenvalue weighted by molar-refractivity contribution is -0.0295. The Kier molecular flexibility index (Phi) is 5.27. The van der Waals surface area contributed by atoms with Gasteiger partial charge in [-0.25, -0.2) is 0 Å². The fourth-order valence-corrected chi connectivity index (χ4v) is 3.03. The summed E-state index contributed by atoms with van der Waals surface area (Å²) in [5.41, 5.74) is 0.168. The van der Waals surface area contributed by atoms with Crippen LogP contribution in [-0.2, 0) is 4.74 Å². The zero-order valence-corrected chi connectivity index (χ0v) is 12.8. The maximum Gasteiger partial charge on any atom is 0.0898 e. The van der Waals surface area contributed by atoms with Crippen LogP contribution in [0, 0.1) is 11.8 Å². The third kappa shape index (κ3) is 5.05. The molecule has 1 unspecified atom stereocenters. The van der Waals surface area contributed by atoms with Crippen molar-refractivity contribution in [2.45, 2.75) is 77.0 Å². The molecule has 3 nitrogen and oxygen atoms in total. The van der Waals surface area contributed by atoms with Crippen LogP contribution >= 0.6 is 0 Å². The molecule has 2 saturated carbocycles. The molecule has 19 heavy (non-hydrogen) atoms.